The predicted octanol–water partition coefficient (Wildman–Crippen LogP) is 4.68. The Balaban J connectivity index is 1.52. The second-order valence-corrected chi connectivity index (χ2v) is 7.87. The van der Waals surface area contributed by atoms with Crippen LogP contribution in [0.4, 0.5) is 0 Å². The Bertz CT molecular complexity index is 1190. The first kappa shape index (κ1) is 20.3. The van der Waals surface area contributed by atoms with Gasteiger partial charge in [0.05, 0.1) is 18.6 Å². The fourth-order valence-corrected chi connectivity index (χ4v) is 3.88. The zero-order valence-electron chi connectivity index (χ0n) is 17.6. The summed E-state index contributed by atoms with van der Waals surface area (Å²) >= 11 is 5.72. The van der Waals surface area contributed by atoms with Crippen molar-refractivity contribution in [2.75, 3.05) is 7.05 Å². The van der Waals surface area contributed by atoms with Crippen molar-refractivity contribution in [3.8, 4) is 17.1 Å². The van der Waals surface area contributed by atoms with Gasteiger partial charge in [-0.15, -0.1) is 0 Å². The third-order valence-corrected chi connectivity index (χ3v) is 5.43. The molecule has 0 saturated carbocycles. The van der Waals surface area contributed by atoms with Crippen LogP contribution < -0.4 is 0 Å². The molecule has 0 fully saturated rings. The van der Waals surface area contributed by atoms with Gasteiger partial charge in [0, 0.05) is 30.4 Å². The number of aryl methyl sites for hydroxylation is 1. The summed E-state index contributed by atoms with van der Waals surface area (Å²) in [6.45, 7) is 6.35. The maximum Gasteiger partial charge on any atom is 0.199 e. The third-order valence-electron chi connectivity index (χ3n) is 5.00. The molecule has 0 aliphatic heterocycles. The van der Waals surface area contributed by atoms with Crippen LogP contribution in [0.5, 0.6) is 0 Å². The molecule has 2 aromatic carbocycles. The van der Waals surface area contributed by atoms with Crippen molar-refractivity contribution >= 4 is 12.2 Å². The quantitative estimate of drug-likeness (QED) is 0.409. The van der Waals surface area contributed by atoms with Crippen LogP contribution >= 0.6 is 12.2 Å². The SMILES string of the molecule is CCn1c(-c2cccc(C)c2)nn(CN(C)Cc2cnn(-c3ccccc3)c2)c1=S. The molecule has 0 saturated heterocycles. The van der Waals surface area contributed by atoms with Crippen molar-refractivity contribution in [3.05, 3.63) is 82.9 Å². The van der Waals surface area contributed by atoms with E-state index < -0.39 is 0 Å². The lowest BCUT2D eigenvalue weighted by atomic mass is 10.1. The summed E-state index contributed by atoms with van der Waals surface area (Å²) in [5, 5.41) is 9.33. The Kier molecular flexibility index (Phi) is 5.92. The summed E-state index contributed by atoms with van der Waals surface area (Å²) in [5.41, 5.74) is 4.50. The molecule has 0 N–H and O–H groups in total. The van der Waals surface area contributed by atoms with E-state index in [1.165, 1.54) is 5.56 Å². The van der Waals surface area contributed by atoms with Crippen LogP contribution in [0.1, 0.15) is 18.1 Å². The molecule has 6 nitrogen and oxygen atoms in total. The molecule has 154 valence electrons. The van der Waals surface area contributed by atoms with Crippen molar-refractivity contribution in [1.82, 2.24) is 29.0 Å². The van der Waals surface area contributed by atoms with Gasteiger partial charge in [0.25, 0.3) is 0 Å². The molecule has 2 aromatic heterocycles. The highest BCUT2D eigenvalue weighted by Crippen LogP contribution is 2.20. The summed E-state index contributed by atoms with van der Waals surface area (Å²) in [7, 11) is 2.07. The fraction of sp³-hybridized carbons (Fsp3) is 0.261. The molecule has 7 heteroatoms. The summed E-state index contributed by atoms with van der Waals surface area (Å²) in [5.74, 6) is 0.913. The third kappa shape index (κ3) is 4.27. The van der Waals surface area contributed by atoms with Crippen LogP contribution in [0.3, 0.4) is 0 Å². The Labute approximate surface area is 182 Å². The highest BCUT2D eigenvalue weighted by atomic mass is 32.1. The van der Waals surface area contributed by atoms with Crippen molar-refractivity contribution in [1.29, 1.82) is 0 Å². The van der Waals surface area contributed by atoms with Crippen molar-refractivity contribution in [3.63, 3.8) is 0 Å². The lowest BCUT2D eigenvalue weighted by Gasteiger charge is -2.15. The topological polar surface area (TPSA) is 43.8 Å². The van der Waals surface area contributed by atoms with Crippen LogP contribution in [0.25, 0.3) is 17.1 Å². The number of nitrogens with zero attached hydrogens (tertiary/aromatic N) is 6. The van der Waals surface area contributed by atoms with Gasteiger partial charge in [0.1, 0.15) is 0 Å². The molecule has 0 radical (unpaired) electrons. The highest BCUT2D eigenvalue weighted by Gasteiger charge is 2.13. The Morgan fingerprint density at radius 2 is 1.87 bits per heavy atom. The van der Waals surface area contributed by atoms with Crippen LogP contribution in [0.2, 0.25) is 0 Å². The fourth-order valence-electron chi connectivity index (χ4n) is 3.57. The lowest BCUT2D eigenvalue weighted by molar-refractivity contribution is 0.244. The molecule has 2 heterocycles. The molecule has 30 heavy (non-hydrogen) atoms. The van der Waals surface area contributed by atoms with E-state index in [0.717, 1.165) is 40.5 Å². The molecule has 0 aliphatic carbocycles. The van der Waals surface area contributed by atoms with Gasteiger partial charge in [-0.2, -0.15) is 10.2 Å². The van der Waals surface area contributed by atoms with Gasteiger partial charge >= 0.3 is 0 Å². The Morgan fingerprint density at radius 1 is 1.07 bits per heavy atom. The highest BCUT2D eigenvalue weighted by molar-refractivity contribution is 7.71. The average molecular weight is 419 g/mol. The Hall–Kier alpha value is -3.03. The van der Waals surface area contributed by atoms with Gasteiger partial charge in [-0.3, -0.25) is 4.90 Å². The van der Waals surface area contributed by atoms with Crippen molar-refractivity contribution in [2.24, 2.45) is 0 Å². The number of benzene rings is 2. The molecule has 0 unspecified atom stereocenters. The van der Waals surface area contributed by atoms with E-state index in [9.17, 15) is 0 Å². The standard InChI is InChI=1S/C23H26N6S/c1-4-27-22(20-10-8-9-18(2)13-20)25-29(23(27)30)17-26(3)15-19-14-24-28(16-19)21-11-6-5-7-12-21/h5-14,16H,4,15,17H2,1-3H3. The predicted molar refractivity (Wildman–Crippen MR) is 122 cm³/mol. The van der Waals surface area contributed by atoms with E-state index >= 15 is 0 Å². The van der Waals surface area contributed by atoms with E-state index in [2.05, 4.69) is 65.9 Å². The van der Waals surface area contributed by atoms with Gasteiger partial charge in [-0.25, -0.2) is 9.36 Å². The van der Waals surface area contributed by atoms with Gasteiger partial charge in [-0.1, -0.05) is 42.0 Å². The van der Waals surface area contributed by atoms with Crippen molar-refractivity contribution in [2.45, 2.75) is 33.6 Å². The molecule has 0 bridgehead atoms. The lowest BCUT2D eigenvalue weighted by Crippen LogP contribution is -2.22. The summed E-state index contributed by atoms with van der Waals surface area (Å²) in [6, 6.07) is 18.5. The van der Waals surface area contributed by atoms with E-state index in [0.29, 0.717) is 6.67 Å². The smallest absolute Gasteiger partial charge is 0.199 e. The molecule has 0 atom stereocenters. The summed E-state index contributed by atoms with van der Waals surface area (Å²) in [4.78, 5) is 2.19. The number of rotatable bonds is 7. The first-order valence-electron chi connectivity index (χ1n) is 10.1. The van der Waals surface area contributed by atoms with E-state index in [-0.39, 0.29) is 0 Å². The Morgan fingerprint density at radius 3 is 2.60 bits per heavy atom. The molecular weight excluding hydrogens is 392 g/mol. The number of para-hydroxylation sites is 1. The number of hydrogen-bond acceptors (Lipinski definition) is 4. The number of aromatic nitrogens is 5. The second kappa shape index (κ2) is 8.77. The minimum atomic E-state index is 0.612. The number of hydrogen-bond donors (Lipinski definition) is 0. The van der Waals surface area contributed by atoms with Crippen LogP contribution in [0, 0.1) is 11.7 Å². The zero-order chi connectivity index (χ0) is 21.1. The van der Waals surface area contributed by atoms with E-state index in [1.807, 2.05) is 45.9 Å². The normalized spacial score (nSPS) is 11.3. The largest absolute Gasteiger partial charge is 0.300 e. The summed E-state index contributed by atoms with van der Waals surface area (Å²) in [6.07, 6.45) is 3.97. The van der Waals surface area contributed by atoms with Gasteiger partial charge in [0.15, 0.2) is 10.6 Å². The maximum absolute atomic E-state index is 5.72. The molecule has 0 spiro atoms. The van der Waals surface area contributed by atoms with E-state index in [4.69, 9.17) is 17.3 Å². The minimum absolute atomic E-state index is 0.612. The monoisotopic (exact) mass is 418 g/mol. The molecule has 4 rings (SSSR count). The second-order valence-electron chi connectivity index (χ2n) is 7.50. The van der Waals surface area contributed by atoms with Crippen LogP contribution in [-0.2, 0) is 19.8 Å². The molecular formula is C23H26N6S. The van der Waals surface area contributed by atoms with Gasteiger partial charge in [-0.05, 0) is 51.3 Å². The molecule has 4 aromatic rings. The average Bonchev–Trinajstić information content (AvgIpc) is 3.33. The minimum Gasteiger partial charge on any atom is -0.300 e. The summed E-state index contributed by atoms with van der Waals surface area (Å²) < 4.78 is 6.63. The van der Waals surface area contributed by atoms with Crippen LogP contribution in [-0.4, -0.2) is 36.1 Å². The van der Waals surface area contributed by atoms with Gasteiger partial charge in [0.2, 0.25) is 0 Å². The van der Waals surface area contributed by atoms with Crippen LogP contribution in [0.15, 0.2) is 67.0 Å². The molecule has 0 aliphatic rings. The van der Waals surface area contributed by atoms with E-state index in [1.54, 1.807) is 0 Å². The maximum atomic E-state index is 5.72. The van der Waals surface area contributed by atoms with Crippen molar-refractivity contribution < 1.29 is 0 Å². The first-order valence-corrected chi connectivity index (χ1v) is 10.5. The zero-order valence-corrected chi connectivity index (χ0v) is 18.4. The first-order chi connectivity index (χ1) is 14.5. The molecule has 0 amide bonds. The van der Waals surface area contributed by atoms with Gasteiger partial charge < -0.3 is 4.57 Å².